The van der Waals surface area contributed by atoms with Crippen LogP contribution in [0.25, 0.3) is 6.08 Å². The fourth-order valence-corrected chi connectivity index (χ4v) is 2.48. The van der Waals surface area contributed by atoms with E-state index in [1.807, 2.05) is 56.3 Å². The first-order chi connectivity index (χ1) is 11.5. The Morgan fingerprint density at radius 2 is 1.62 bits per heavy atom. The van der Waals surface area contributed by atoms with Crippen molar-refractivity contribution in [2.45, 2.75) is 20.8 Å². The molecule has 4 heteroatoms. The van der Waals surface area contributed by atoms with Crippen LogP contribution in [0.2, 0.25) is 0 Å². The molecule has 24 heavy (non-hydrogen) atoms. The largest absolute Gasteiger partial charge is 0.493 e. The number of ether oxygens (including phenoxy) is 2. The van der Waals surface area contributed by atoms with Gasteiger partial charge in [0.15, 0.2) is 11.5 Å². The van der Waals surface area contributed by atoms with Gasteiger partial charge in [0.05, 0.1) is 14.2 Å². The third kappa shape index (κ3) is 3.96. The summed E-state index contributed by atoms with van der Waals surface area (Å²) >= 11 is 0. The first-order valence-electron chi connectivity index (χ1n) is 7.74. The molecule has 0 spiro atoms. The Morgan fingerprint density at radius 1 is 1.00 bits per heavy atom. The molecule has 1 N–H and O–H groups in total. The fraction of sp³-hybridized carbons (Fsp3) is 0.250. The van der Waals surface area contributed by atoms with E-state index in [-0.39, 0.29) is 5.91 Å². The lowest BCUT2D eigenvalue weighted by Crippen LogP contribution is -2.14. The average Bonchev–Trinajstić information content (AvgIpc) is 2.57. The lowest BCUT2D eigenvalue weighted by molar-refractivity contribution is -0.112. The lowest BCUT2D eigenvalue weighted by atomic mass is 10.1. The maximum atomic E-state index is 12.5. The van der Waals surface area contributed by atoms with Crippen LogP contribution in [0.15, 0.2) is 42.0 Å². The van der Waals surface area contributed by atoms with Crippen LogP contribution in [0.3, 0.4) is 0 Å². The van der Waals surface area contributed by atoms with Crippen molar-refractivity contribution in [1.29, 1.82) is 0 Å². The lowest BCUT2D eigenvalue weighted by Gasteiger charge is -2.12. The van der Waals surface area contributed by atoms with E-state index in [4.69, 9.17) is 9.47 Å². The summed E-state index contributed by atoms with van der Waals surface area (Å²) in [6.45, 7) is 5.76. The summed E-state index contributed by atoms with van der Waals surface area (Å²) in [5.41, 5.74) is 4.44. The van der Waals surface area contributed by atoms with Gasteiger partial charge in [-0.1, -0.05) is 24.3 Å². The molecule has 0 saturated heterocycles. The number of hydrogen-bond acceptors (Lipinski definition) is 3. The van der Waals surface area contributed by atoms with Crippen LogP contribution in [-0.2, 0) is 4.79 Å². The van der Waals surface area contributed by atoms with Gasteiger partial charge in [-0.3, -0.25) is 4.79 Å². The Hall–Kier alpha value is -2.75. The van der Waals surface area contributed by atoms with Crippen molar-refractivity contribution in [3.63, 3.8) is 0 Å². The Labute approximate surface area is 143 Å². The first kappa shape index (κ1) is 17.6. The minimum absolute atomic E-state index is 0.123. The van der Waals surface area contributed by atoms with Crippen molar-refractivity contribution in [3.8, 4) is 11.5 Å². The molecule has 0 aliphatic heterocycles. The molecular formula is C20H23NO3. The second-order valence-corrected chi connectivity index (χ2v) is 5.66. The van der Waals surface area contributed by atoms with E-state index in [2.05, 4.69) is 5.32 Å². The van der Waals surface area contributed by atoms with E-state index in [0.717, 1.165) is 22.4 Å². The standard InChI is InChI=1S/C20H23NO3/c1-13-7-6-8-14(2)19(13)21-20(22)15(3)11-16-9-10-17(23-4)18(12-16)24-5/h6-12H,1-5H3,(H,21,22)/b15-11+. The molecule has 126 valence electrons. The van der Waals surface area contributed by atoms with Crippen LogP contribution < -0.4 is 14.8 Å². The molecule has 0 unspecified atom stereocenters. The van der Waals surface area contributed by atoms with E-state index in [0.29, 0.717) is 17.1 Å². The number of anilines is 1. The fourth-order valence-electron chi connectivity index (χ4n) is 2.48. The van der Waals surface area contributed by atoms with Gasteiger partial charge in [0.2, 0.25) is 0 Å². The summed E-state index contributed by atoms with van der Waals surface area (Å²) in [7, 11) is 3.18. The van der Waals surface area contributed by atoms with Gasteiger partial charge < -0.3 is 14.8 Å². The van der Waals surface area contributed by atoms with Gasteiger partial charge in [0.25, 0.3) is 5.91 Å². The molecule has 0 fully saturated rings. The molecule has 1 amide bonds. The normalized spacial score (nSPS) is 11.1. The van der Waals surface area contributed by atoms with Gasteiger partial charge in [0, 0.05) is 11.3 Å². The van der Waals surface area contributed by atoms with Gasteiger partial charge in [-0.2, -0.15) is 0 Å². The maximum absolute atomic E-state index is 12.5. The molecule has 2 rings (SSSR count). The minimum Gasteiger partial charge on any atom is -0.493 e. The molecule has 0 aromatic heterocycles. The van der Waals surface area contributed by atoms with Crippen LogP contribution in [-0.4, -0.2) is 20.1 Å². The van der Waals surface area contributed by atoms with Crippen molar-refractivity contribution < 1.29 is 14.3 Å². The van der Waals surface area contributed by atoms with Crippen LogP contribution >= 0.6 is 0 Å². The maximum Gasteiger partial charge on any atom is 0.251 e. The predicted molar refractivity (Wildman–Crippen MR) is 97.7 cm³/mol. The van der Waals surface area contributed by atoms with E-state index >= 15 is 0 Å². The number of benzene rings is 2. The van der Waals surface area contributed by atoms with Crippen molar-refractivity contribution in [2.24, 2.45) is 0 Å². The highest BCUT2D eigenvalue weighted by molar-refractivity contribution is 6.07. The first-order valence-corrected chi connectivity index (χ1v) is 7.74. The topological polar surface area (TPSA) is 47.6 Å². The highest BCUT2D eigenvalue weighted by atomic mass is 16.5. The van der Waals surface area contributed by atoms with E-state index in [1.165, 1.54) is 0 Å². The van der Waals surface area contributed by atoms with Crippen LogP contribution in [0.5, 0.6) is 11.5 Å². The number of carbonyl (C=O) groups is 1. The zero-order valence-corrected chi connectivity index (χ0v) is 14.8. The number of carbonyl (C=O) groups excluding carboxylic acids is 1. The van der Waals surface area contributed by atoms with Gasteiger partial charge in [-0.15, -0.1) is 0 Å². The van der Waals surface area contributed by atoms with E-state index in [1.54, 1.807) is 21.1 Å². The zero-order chi connectivity index (χ0) is 17.7. The highest BCUT2D eigenvalue weighted by Gasteiger charge is 2.10. The smallest absolute Gasteiger partial charge is 0.251 e. The summed E-state index contributed by atoms with van der Waals surface area (Å²) in [5, 5.41) is 2.99. The Balaban J connectivity index is 2.23. The zero-order valence-electron chi connectivity index (χ0n) is 14.8. The average molecular weight is 325 g/mol. The van der Waals surface area contributed by atoms with Crippen LogP contribution in [0, 0.1) is 13.8 Å². The summed E-state index contributed by atoms with van der Waals surface area (Å²) in [5.74, 6) is 1.17. The molecule has 0 saturated carbocycles. The van der Waals surface area contributed by atoms with Gasteiger partial charge in [-0.25, -0.2) is 0 Å². The second kappa shape index (κ2) is 7.68. The van der Waals surface area contributed by atoms with Crippen molar-refractivity contribution >= 4 is 17.7 Å². The van der Waals surface area contributed by atoms with E-state index < -0.39 is 0 Å². The summed E-state index contributed by atoms with van der Waals surface area (Å²) in [6, 6.07) is 11.5. The number of rotatable bonds is 5. The second-order valence-electron chi connectivity index (χ2n) is 5.66. The number of nitrogens with one attached hydrogen (secondary N) is 1. The molecule has 2 aromatic carbocycles. The molecule has 0 bridgehead atoms. The SMILES string of the molecule is COc1ccc(/C=C(\C)C(=O)Nc2c(C)cccc2C)cc1OC. The number of hydrogen-bond donors (Lipinski definition) is 1. The van der Waals surface area contributed by atoms with E-state index in [9.17, 15) is 4.79 Å². The summed E-state index contributed by atoms with van der Waals surface area (Å²) < 4.78 is 10.5. The van der Waals surface area contributed by atoms with Gasteiger partial charge in [0.1, 0.15) is 0 Å². The minimum atomic E-state index is -0.123. The van der Waals surface area contributed by atoms with Gasteiger partial charge in [-0.05, 0) is 55.7 Å². The highest BCUT2D eigenvalue weighted by Crippen LogP contribution is 2.28. The molecule has 4 nitrogen and oxygen atoms in total. The Kier molecular flexibility index (Phi) is 5.64. The van der Waals surface area contributed by atoms with Gasteiger partial charge >= 0.3 is 0 Å². The molecule has 0 radical (unpaired) electrons. The number of para-hydroxylation sites is 1. The van der Waals surface area contributed by atoms with Crippen molar-refractivity contribution in [3.05, 3.63) is 58.7 Å². The molecule has 0 aliphatic rings. The molecule has 2 aromatic rings. The summed E-state index contributed by atoms with van der Waals surface area (Å²) in [4.78, 5) is 12.5. The Bertz CT molecular complexity index is 758. The Morgan fingerprint density at radius 3 is 2.21 bits per heavy atom. The number of amides is 1. The van der Waals surface area contributed by atoms with Crippen LogP contribution in [0.1, 0.15) is 23.6 Å². The number of aryl methyl sites for hydroxylation is 2. The number of methoxy groups -OCH3 is 2. The van der Waals surface area contributed by atoms with Crippen molar-refractivity contribution in [1.82, 2.24) is 0 Å². The molecule has 0 aliphatic carbocycles. The third-order valence-electron chi connectivity index (χ3n) is 3.87. The third-order valence-corrected chi connectivity index (χ3v) is 3.87. The predicted octanol–water partition coefficient (Wildman–Crippen LogP) is 4.36. The monoisotopic (exact) mass is 325 g/mol. The quantitative estimate of drug-likeness (QED) is 0.831. The van der Waals surface area contributed by atoms with Crippen molar-refractivity contribution in [2.75, 3.05) is 19.5 Å². The molecule has 0 atom stereocenters. The summed E-state index contributed by atoms with van der Waals surface area (Å²) in [6.07, 6.45) is 1.82. The molecule has 0 heterocycles. The van der Waals surface area contributed by atoms with Crippen LogP contribution in [0.4, 0.5) is 5.69 Å². The molecular weight excluding hydrogens is 302 g/mol.